The number of aromatic nitrogens is 2. The van der Waals surface area contributed by atoms with Crippen molar-refractivity contribution in [2.45, 2.75) is 0 Å². The molecule has 2 aromatic carbocycles. The maximum atomic E-state index is 12.3. The number of benzene rings is 2. The van der Waals surface area contributed by atoms with Crippen molar-refractivity contribution in [1.29, 1.82) is 0 Å². The number of fused-ring (bicyclic) bond motifs is 1. The zero-order valence-electron chi connectivity index (χ0n) is 14.7. The molecule has 6 nitrogen and oxygen atoms in total. The molecule has 4 aromatic rings. The maximum absolute atomic E-state index is 12.3. The number of nitrogens with zero attached hydrogens (tertiary/aromatic N) is 2. The molecule has 29 heavy (non-hydrogen) atoms. The minimum absolute atomic E-state index is 0.248. The number of carbonyl (C=O) groups is 1. The van der Waals surface area contributed by atoms with Gasteiger partial charge in [0.1, 0.15) is 16.3 Å². The van der Waals surface area contributed by atoms with Crippen LogP contribution in [0.3, 0.4) is 0 Å². The molecule has 0 bridgehead atoms. The van der Waals surface area contributed by atoms with Gasteiger partial charge in [0.05, 0.1) is 10.0 Å². The summed E-state index contributed by atoms with van der Waals surface area (Å²) in [7, 11) is 0. The summed E-state index contributed by atoms with van der Waals surface area (Å²) in [5, 5.41) is 3.63. The Bertz CT molecular complexity index is 1200. The van der Waals surface area contributed by atoms with E-state index in [-0.39, 0.29) is 11.6 Å². The van der Waals surface area contributed by atoms with E-state index in [1.807, 2.05) is 0 Å². The van der Waals surface area contributed by atoms with Crippen LogP contribution < -0.4 is 10.1 Å². The van der Waals surface area contributed by atoms with E-state index in [2.05, 4.69) is 15.3 Å². The number of rotatable bonds is 5. The molecule has 0 aliphatic rings. The highest BCUT2D eigenvalue weighted by molar-refractivity contribution is 6.42. The van der Waals surface area contributed by atoms with E-state index < -0.39 is 5.91 Å². The smallest absolute Gasteiger partial charge is 0.262 e. The molecule has 0 fully saturated rings. The number of ether oxygens (including phenoxy) is 1. The average molecular weight is 449 g/mol. The third-order valence-corrected chi connectivity index (χ3v) is 5.01. The van der Waals surface area contributed by atoms with Crippen LogP contribution in [0.1, 0.15) is 0 Å². The minimum Gasteiger partial charge on any atom is -0.482 e. The second kappa shape index (κ2) is 8.29. The first-order chi connectivity index (χ1) is 14.0. The maximum Gasteiger partial charge on any atom is 0.262 e. The highest BCUT2D eigenvalue weighted by atomic mass is 35.5. The van der Waals surface area contributed by atoms with Gasteiger partial charge in [0.2, 0.25) is 5.89 Å². The summed E-state index contributed by atoms with van der Waals surface area (Å²) >= 11 is 18.3. The second-order valence-electron chi connectivity index (χ2n) is 5.95. The molecule has 0 atom stereocenters. The molecule has 2 aromatic heterocycles. The fourth-order valence-electron chi connectivity index (χ4n) is 2.62. The Morgan fingerprint density at radius 1 is 1.07 bits per heavy atom. The van der Waals surface area contributed by atoms with Gasteiger partial charge in [-0.05, 0) is 36.4 Å². The lowest BCUT2D eigenvalue weighted by Crippen LogP contribution is -2.20. The van der Waals surface area contributed by atoms with Gasteiger partial charge in [0, 0.05) is 23.6 Å². The highest BCUT2D eigenvalue weighted by Gasteiger charge is 2.14. The summed E-state index contributed by atoms with van der Waals surface area (Å²) in [5.74, 6) is 0.335. The van der Waals surface area contributed by atoms with Crippen LogP contribution in [0, 0.1) is 0 Å². The third kappa shape index (κ3) is 4.29. The molecule has 0 aliphatic heterocycles. The van der Waals surface area contributed by atoms with Crippen molar-refractivity contribution in [3.8, 4) is 17.2 Å². The third-order valence-electron chi connectivity index (χ3n) is 3.93. The van der Waals surface area contributed by atoms with Crippen LogP contribution in [0.25, 0.3) is 22.6 Å². The van der Waals surface area contributed by atoms with E-state index in [1.165, 1.54) is 0 Å². The summed E-state index contributed by atoms with van der Waals surface area (Å²) in [6.07, 6.45) is 3.28. The van der Waals surface area contributed by atoms with Gasteiger partial charge in [0.15, 0.2) is 12.2 Å². The zero-order valence-corrected chi connectivity index (χ0v) is 16.9. The Labute approximate surface area is 180 Å². The van der Waals surface area contributed by atoms with Crippen LogP contribution in [0.15, 0.2) is 59.3 Å². The Morgan fingerprint density at radius 2 is 1.86 bits per heavy atom. The van der Waals surface area contributed by atoms with Gasteiger partial charge in [0.25, 0.3) is 5.91 Å². The van der Waals surface area contributed by atoms with Gasteiger partial charge in [-0.25, -0.2) is 4.98 Å². The number of anilines is 1. The van der Waals surface area contributed by atoms with Gasteiger partial charge < -0.3 is 14.5 Å². The molecular formula is C20H12Cl3N3O3. The van der Waals surface area contributed by atoms with Gasteiger partial charge in [-0.1, -0.05) is 40.9 Å². The summed E-state index contributed by atoms with van der Waals surface area (Å²) in [4.78, 5) is 20.7. The monoisotopic (exact) mass is 447 g/mol. The lowest BCUT2D eigenvalue weighted by atomic mass is 10.2. The largest absolute Gasteiger partial charge is 0.482 e. The number of carbonyl (C=O) groups excluding carboxylic acids is 1. The van der Waals surface area contributed by atoms with Crippen molar-refractivity contribution < 1.29 is 13.9 Å². The van der Waals surface area contributed by atoms with Gasteiger partial charge in [-0.15, -0.1) is 0 Å². The normalized spacial score (nSPS) is 10.9. The first-order valence-electron chi connectivity index (χ1n) is 8.38. The molecule has 146 valence electrons. The SMILES string of the molecule is O=C(COc1cccc(Cl)c1Cl)Nc1cc(Cl)c2oc(-c3ccncc3)nc2c1. The molecule has 0 radical (unpaired) electrons. The van der Waals surface area contributed by atoms with Gasteiger partial charge >= 0.3 is 0 Å². The molecule has 4 rings (SSSR count). The fraction of sp³-hybridized carbons (Fsp3) is 0.0500. The van der Waals surface area contributed by atoms with Crippen molar-refractivity contribution >= 4 is 57.5 Å². The van der Waals surface area contributed by atoms with Crippen LogP contribution in [0.2, 0.25) is 15.1 Å². The molecule has 0 saturated carbocycles. The number of halogens is 3. The summed E-state index contributed by atoms with van der Waals surface area (Å²) < 4.78 is 11.2. The van der Waals surface area contributed by atoms with Crippen molar-refractivity contribution in [3.63, 3.8) is 0 Å². The van der Waals surface area contributed by atoms with Gasteiger partial charge in [-0.2, -0.15) is 0 Å². The summed E-state index contributed by atoms with van der Waals surface area (Å²) in [5.41, 5.74) is 2.17. The molecular weight excluding hydrogens is 437 g/mol. The quantitative estimate of drug-likeness (QED) is 0.413. The van der Waals surface area contributed by atoms with E-state index in [1.54, 1.807) is 54.9 Å². The first kappa shape index (κ1) is 19.5. The molecule has 0 aliphatic carbocycles. The predicted molar refractivity (Wildman–Crippen MR) is 113 cm³/mol. The molecule has 1 amide bonds. The molecule has 9 heteroatoms. The van der Waals surface area contributed by atoms with E-state index in [0.717, 1.165) is 5.56 Å². The topological polar surface area (TPSA) is 77.2 Å². The lowest BCUT2D eigenvalue weighted by molar-refractivity contribution is -0.118. The summed E-state index contributed by atoms with van der Waals surface area (Å²) in [6.45, 7) is -0.253. The van der Waals surface area contributed by atoms with Gasteiger partial charge in [-0.3, -0.25) is 9.78 Å². The number of amides is 1. The minimum atomic E-state index is -0.394. The molecule has 0 unspecified atom stereocenters. The van der Waals surface area contributed by atoms with E-state index in [9.17, 15) is 4.79 Å². The number of hydrogen-bond acceptors (Lipinski definition) is 5. The second-order valence-corrected chi connectivity index (χ2v) is 7.14. The zero-order chi connectivity index (χ0) is 20.4. The van der Waals surface area contributed by atoms with Crippen molar-refractivity contribution in [2.75, 3.05) is 11.9 Å². The van der Waals surface area contributed by atoms with Crippen molar-refractivity contribution in [1.82, 2.24) is 9.97 Å². The average Bonchev–Trinajstić information content (AvgIpc) is 3.15. The number of oxazole rings is 1. The Hall–Kier alpha value is -2.80. The van der Waals surface area contributed by atoms with E-state index >= 15 is 0 Å². The van der Waals surface area contributed by atoms with Crippen LogP contribution in [0.5, 0.6) is 5.75 Å². The van der Waals surface area contributed by atoms with Crippen LogP contribution >= 0.6 is 34.8 Å². The number of hydrogen-bond donors (Lipinski definition) is 1. The van der Waals surface area contributed by atoms with Crippen LogP contribution in [0.4, 0.5) is 5.69 Å². The molecule has 1 N–H and O–H groups in total. The highest BCUT2D eigenvalue weighted by Crippen LogP contribution is 2.33. The van der Waals surface area contributed by atoms with Crippen LogP contribution in [-0.2, 0) is 4.79 Å². The Morgan fingerprint density at radius 3 is 2.66 bits per heavy atom. The summed E-state index contributed by atoms with van der Waals surface area (Å²) in [6, 6.07) is 11.7. The van der Waals surface area contributed by atoms with E-state index in [0.29, 0.717) is 38.5 Å². The Balaban J connectivity index is 1.50. The van der Waals surface area contributed by atoms with Crippen molar-refractivity contribution in [2.24, 2.45) is 0 Å². The van der Waals surface area contributed by atoms with Crippen LogP contribution in [-0.4, -0.2) is 22.5 Å². The first-order valence-corrected chi connectivity index (χ1v) is 9.52. The Kier molecular flexibility index (Phi) is 5.58. The fourth-order valence-corrected chi connectivity index (χ4v) is 3.22. The number of pyridine rings is 1. The molecule has 0 saturated heterocycles. The lowest BCUT2D eigenvalue weighted by Gasteiger charge is -2.09. The standard InChI is InChI=1S/C20H12Cl3N3O3/c21-13-2-1-3-16(18(13)23)28-10-17(27)25-12-8-14(22)19-15(9-12)26-20(29-19)11-4-6-24-7-5-11/h1-9H,10H2,(H,25,27). The van der Waals surface area contributed by atoms with E-state index in [4.69, 9.17) is 44.0 Å². The predicted octanol–water partition coefficient (Wildman–Crippen LogP) is 5.87. The molecule has 2 heterocycles. The molecule has 0 spiro atoms. The number of nitrogens with one attached hydrogen (secondary N) is 1. The van der Waals surface area contributed by atoms with Crippen molar-refractivity contribution in [3.05, 3.63) is 69.9 Å².